The van der Waals surface area contributed by atoms with Crippen LogP contribution in [0.25, 0.3) is 10.9 Å². The van der Waals surface area contributed by atoms with E-state index in [9.17, 15) is 8.78 Å². The Balaban J connectivity index is 1.82. The number of halogens is 2. The summed E-state index contributed by atoms with van der Waals surface area (Å²) in [6.45, 7) is 1.62. The van der Waals surface area contributed by atoms with Crippen molar-refractivity contribution in [2.45, 2.75) is 27.0 Å². The van der Waals surface area contributed by atoms with E-state index in [4.69, 9.17) is 0 Å². The summed E-state index contributed by atoms with van der Waals surface area (Å²) in [5.74, 6) is 0.0511. The van der Waals surface area contributed by atoms with Crippen LogP contribution in [0.1, 0.15) is 17.0 Å². The van der Waals surface area contributed by atoms with Gasteiger partial charge < -0.3 is 10.1 Å². The quantitative estimate of drug-likeness (QED) is 0.751. The fraction of sp³-hybridized carbons (Fsp3) is 0.222. The number of aryl methyl sites for hydroxylation is 1. The Bertz CT molecular complexity index is 851. The molecule has 0 saturated carbocycles. The van der Waals surface area contributed by atoms with Gasteiger partial charge in [0.25, 0.3) is 0 Å². The van der Waals surface area contributed by atoms with Gasteiger partial charge in [-0.05, 0) is 37.6 Å². The summed E-state index contributed by atoms with van der Waals surface area (Å²) in [6, 6.07) is 11.1. The number of benzene rings is 1. The van der Waals surface area contributed by atoms with Gasteiger partial charge in [0.2, 0.25) is 0 Å². The van der Waals surface area contributed by atoms with E-state index in [-0.39, 0.29) is 5.75 Å². The molecule has 0 fully saturated rings. The van der Waals surface area contributed by atoms with Gasteiger partial charge in [-0.2, -0.15) is 8.78 Å². The van der Waals surface area contributed by atoms with Crippen molar-refractivity contribution in [1.82, 2.24) is 9.97 Å². The summed E-state index contributed by atoms with van der Waals surface area (Å²) in [6.07, 6.45) is 1.30. The first-order valence-electron chi connectivity index (χ1n) is 7.54. The highest BCUT2D eigenvalue weighted by Gasteiger charge is 2.09. The molecule has 2 heterocycles. The van der Waals surface area contributed by atoms with Crippen LogP contribution in [0.4, 0.5) is 14.5 Å². The maximum Gasteiger partial charge on any atom is 0.387 e. The lowest BCUT2D eigenvalue weighted by Crippen LogP contribution is -2.06. The van der Waals surface area contributed by atoms with E-state index in [1.165, 1.54) is 12.3 Å². The minimum atomic E-state index is -2.84. The Labute approximate surface area is 138 Å². The number of rotatable bonds is 5. The first-order chi connectivity index (χ1) is 11.5. The summed E-state index contributed by atoms with van der Waals surface area (Å²) in [5, 5.41) is 4.42. The zero-order valence-corrected chi connectivity index (χ0v) is 13.4. The predicted octanol–water partition coefficient (Wildman–Crippen LogP) is 4.46. The Hall–Kier alpha value is -2.76. The van der Waals surface area contributed by atoms with E-state index in [1.54, 1.807) is 6.07 Å². The van der Waals surface area contributed by atoms with Crippen molar-refractivity contribution in [3.8, 4) is 5.75 Å². The van der Waals surface area contributed by atoms with Crippen molar-refractivity contribution in [2.75, 3.05) is 5.32 Å². The molecule has 0 aliphatic carbocycles. The van der Waals surface area contributed by atoms with Crippen LogP contribution in [0.3, 0.4) is 0 Å². The first-order valence-corrected chi connectivity index (χ1v) is 7.54. The predicted molar refractivity (Wildman–Crippen MR) is 89.4 cm³/mol. The fourth-order valence-corrected chi connectivity index (χ4v) is 2.52. The van der Waals surface area contributed by atoms with Crippen LogP contribution in [-0.2, 0) is 6.54 Å². The molecule has 124 valence electrons. The molecule has 0 amide bonds. The lowest BCUT2D eigenvalue weighted by molar-refractivity contribution is -0.0500. The van der Waals surface area contributed by atoms with E-state index in [1.807, 2.05) is 38.1 Å². The Morgan fingerprint density at radius 2 is 1.92 bits per heavy atom. The number of fused-ring (bicyclic) bond motifs is 1. The van der Waals surface area contributed by atoms with E-state index < -0.39 is 6.61 Å². The molecule has 0 unspecified atom stereocenters. The minimum absolute atomic E-state index is 0.0511. The zero-order chi connectivity index (χ0) is 17.1. The molecule has 0 aliphatic heterocycles. The highest BCUT2D eigenvalue weighted by Crippen LogP contribution is 2.28. The number of pyridine rings is 2. The number of aromatic nitrogens is 2. The number of hydrogen-bond donors (Lipinski definition) is 1. The Morgan fingerprint density at radius 3 is 2.62 bits per heavy atom. The van der Waals surface area contributed by atoms with Crippen molar-refractivity contribution >= 4 is 16.6 Å². The second-order valence-electron chi connectivity index (χ2n) is 5.43. The Morgan fingerprint density at radius 1 is 1.12 bits per heavy atom. The second-order valence-corrected chi connectivity index (χ2v) is 5.43. The van der Waals surface area contributed by atoms with Gasteiger partial charge in [0.15, 0.2) is 0 Å². The van der Waals surface area contributed by atoms with E-state index in [0.717, 1.165) is 33.5 Å². The first kappa shape index (κ1) is 16.1. The van der Waals surface area contributed by atoms with Crippen molar-refractivity contribution in [3.05, 3.63) is 59.5 Å². The molecular weight excluding hydrogens is 312 g/mol. The average molecular weight is 329 g/mol. The van der Waals surface area contributed by atoms with E-state index in [0.29, 0.717) is 6.54 Å². The van der Waals surface area contributed by atoms with Crippen LogP contribution in [0.2, 0.25) is 0 Å². The molecule has 0 saturated heterocycles. The van der Waals surface area contributed by atoms with Gasteiger partial charge >= 0.3 is 6.61 Å². The Kier molecular flexibility index (Phi) is 4.55. The molecule has 0 radical (unpaired) electrons. The smallest absolute Gasteiger partial charge is 0.387 e. The molecule has 1 aromatic carbocycles. The number of nitrogens with one attached hydrogen (secondary N) is 1. The largest absolute Gasteiger partial charge is 0.433 e. The topological polar surface area (TPSA) is 47.0 Å². The van der Waals surface area contributed by atoms with Gasteiger partial charge in [-0.15, -0.1) is 0 Å². The normalized spacial score (nSPS) is 11.0. The van der Waals surface area contributed by atoms with E-state index in [2.05, 4.69) is 20.0 Å². The third-order valence-corrected chi connectivity index (χ3v) is 3.85. The lowest BCUT2D eigenvalue weighted by Gasteiger charge is -2.14. The number of ether oxygens (including phenoxy) is 1. The van der Waals surface area contributed by atoms with Gasteiger partial charge in [-0.25, -0.2) is 0 Å². The standard InChI is InChI=1S/C18H17F2N3O/c1-11-12(2)23-16-6-4-3-5-15(16)17(11)22-9-13-7-8-14(10-21-13)24-18(19)20/h3-8,10,18H,9H2,1-2H3,(H,22,23). The van der Waals surface area contributed by atoms with Crippen molar-refractivity contribution in [2.24, 2.45) is 0 Å². The second kappa shape index (κ2) is 6.78. The molecule has 0 atom stereocenters. The van der Waals surface area contributed by atoms with Gasteiger partial charge in [0.1, 0.15) is 5.75 Å². The van der Waals surface area contributed by atoms with Crippen LogP contribution >= 0.6 is 0 Å². The zero-order valence-electron chi connectivity index (χ0n) is 13.4. The molecule has 0 spiro atoms. The fourth-order valence-electron chi connectivity index (χ4n) is 2.52. The highest BCUT2D eigenvalue weighted by molar-refractivity contribution is 5.93. The van der Waals surface area contributed by atoms with Gasteiger partial charge in [-0.3, -0.25) is 9.97 Å². The molecule has 2 aromatic heterocycles. The number of alkyl halides is 2. The van der Waals surface area contributed by atoms with Gasteiger partial charge in [0, 0.05) is 16.8 Å². The van der Waals surface area contributed by atoms with Crippen molar-refractivity contribution in [3.63, 3.8) is 0 Å². The van der Waals surface area contributed by atoms with Crippen LogP contribution in [0.5, 0.6) is 5.75 Å². The summed E-state index contributed by atoms with van der Waals surface area (Å²) in [4.78, 5) is 8.73. The lowest BCUT2D eigenvalue weighted by atomic mass is 10.1. The number of hydrogen-bond acceptors (Lipinski definition) is 4. The summed E-state index contributed by atoms with van der Waals surface area (Å²) in [7, 11) is 0. The third-order valence-electron chi connectivity index (χ3n) is 3.85. The molecule has 0 bridgehead atoms. The van der Waals surface area contributed by atoms with E-state index >= 15 is 0 Å². The monoisotopic (exact) mass is 329 g/mol. The number of para-hydroxylation sites is 1. The molecule has 6 heteroatoms. The summed E-state index contributed by atoms with van der Waals surface area (Å²) in [5.41, 5.74) is 4.70. The minimum Gasteiger partial charge on any atom is -0.433 e. The molecular formula is C18H17F2N3O. The SMILES string of the molecule is Cc1nc2ccccc2c(NCc2ccc(OC(F)F)cn2)c1C. The molecule has 4 nitrogen and oxygen atoms in total. The molecule has 1 N–H and O–H groups in total. The summed E-state index contributed by atoms with van der Waals surface area (Å²) >= 11 is 0. The highest BCUT2D eigenvalue weighted by atomic mass is 19.3. The molecule has 3 aromatic rings. The molecule has 0 aliphatic rings. The molecule has 3 rings (SSSR count). The number of nitrogens with zero attached hydrogens (tertiary/aromatic N) is 2. The van der Waals surface area contributed by atoms with Crippen LogP contribution in [-0.4, -0.2) is 16.6 Å². The molecule has 24 heavy (non-hydrogen) atoms. The maximum absolute atomic E-state index is 12.2. The maximum atomic E-state index is 12.2. The van der Waals surface area contributed by atoms with Crippen LogP contribution in [0, 0.1) is 13.8 Å². The van der Waals surface area contributed by atoms with Crippen LogP contribution in [0.15, 0.2) is 42.6 Å². The van der Waals surface area contributed by atoms with Crippen molar-refractivity contribution < 1.29 is 13.5 Å². The van der Waals surface area contributed by atoms with Gasteiger partial charge in [-0.1, -0.05) is 18.2 Å². The van der Waals surface area contributed by atoms with Gasteiger partial charge in [0.05, 0.1) is 24.0 Å². The number of anilines is 1. The van der Waals surface area contributed by atoms with Crippen molar-refractivity contribution in [1.29, 1.82) is 0 Å². The van der Waals surface area contributed by atoms with Crippen LogP contribution < -0.4 is 10.1 Å². The third kappa shape index (κ3) is 3.42. The summed E-state index contributed by atoms with van der Waals surface area (Å²) < 4.78 is 28.6. The average Bonchev–Trinajstić information content (AvgIpc) is 2.56.